The van der Waals surface area contributed by atoms with Gasteiger partial charge in [0.1, 0.15) is 5.75 Å². The van der Waals surface area contributed by atoms with Crippen molar-refractivity contribution in [3.8, 4) is 5.75 Å². The van der Waals surface area contributed by atoms with E-state index in [0.717, 1.165) is 11.3 Å². The summed E-state index contributed by atoms with van der Waals surface area (Å²) in [7, 11) is 1.61. The van der Waals surface area contributed by atoms with E-state index < -0.39 is 4.84 Å². The molecule has 0 radical (unpaired) electrons. The average Bonchev–Trinajstić information content (AvgIpc) is 2.35. The molecule has 0 bridgehead atoms. The number of halogens is 2. The Bertz CT molecular complexity index is 408. The second kappa shape index (κ2) is 6.86. The van der Waals surface area contributed by atoms with Crippen LogP contribution in [0.2, 0.25) is 0 Å². The number of carbonyl (C=O) groups excluding carboxylic acids is 1. The Morgan fingerprint density at radius 2 is 2.06 bits per heavy atom. The van der Waals surface area contributed by atoms with Crippen LogP contribution in [0.1, 0.15) is 19.4 Å². The monoisotopic (exact) mass is 289 g/mol. The highest BCUT2D eigenvalue weighted by Gasteiger charge is 2.22. The minimum Gasteiger partial charge on any atom is -0.497 e. The number of methoxy groups -OCH3 is 1. The molecular formula is C13H17Cl2NO2. The summed E-state index contributed by atoms with van der Waals surface area (Å²) in [4.78, 5) is 12.5. The number of benzene rings is 1. The van der Waals surface area contributed by atoms with E-state index >= 15 is 0 Å². The summed E-state index contributed by atoms with van der Waals surface area (Å²) in [5, 5.41) is 0. The summed E-state index contributed by atoms with van der Waals surface area (Å²) < 4.78 is 5.15. The number of alkyl halides is 2. The van der Waals surface area contributed by atoms with E-state index in [0.29, 0.717) is 6.54 Å². The molecule has 0 N–H and O–H groups in total. The first-order valence-electron chi connectivity index (χ1n) is 5.67. The van der Waals surface area contributed by atoms with E-state index in [-0.39, 0.29) is 11.9 Å². The lowest BCUT2D eigenvalue weighted by molar-refractivity contribution is -0.131. The van der Waals surface area contributed by atoms with Crippen LogP contribution in [-0.4, -0.2) is 28.8 Å². The summed E-state index contributed by atoms with van der Waals surface area (Å²) in [5.41, 5.74) is 0.977. The van der Waals surface area contributed by atoms with Crippen LogP contribution in [0.3, 0.4) is 0 Å². The summed E-state index contributed by atoms with van der Waals surface area (Å²) in [6.45, 7) is 4.31. The van der Waals surface area contributed by atoms with Crippen molar-refractivity contribution in [3.63, 3.8) is 0 Å². The third-order valence-electron chi connectivity index (χ3n) is 2.58. The van der Waals surface area contributed by atoms with Gasteiger partial charge in [0.25, 0.3) is 5.91 Å². The van der Waals surface area contributed by atoms with Gasteiger partial charge in [0, 0.05) is 12.6 Å². The van der Waals surface area contributed by atoms with Gasteiger partial charge in [0.15, 0.2) is 4.84 Å². The molecule has 0 fully saturated rings. The Hall–Kier alpha value is -0.930. The average molecular weight is 290 g/mol. The minimum atomic E-state index is -1.03. The number of hydrogen-bond acceptors (Lipinski definition) is 2. The van der Waals surface area contributed by atoms with Gasteiger partial charge in [-0.05, 0) is 31.5 Å². The molecule has 0 heterocycles. The number of nitrogens with zero attached hydrogens (tertiary/aromatic N) is 1. The molecule has 18 heavy (non-hydrogen) atoms. The van der Waals surface area contributed by atoms with Gasteiger partial charge in [-0.2, -0.15) is 0 Å². The van der Waals surface area contributed by atoms with Crippen molar-refractivity contribution in [2.75, 3.05) is 7.11 Å². The highest BCUT2D eigenvalue weighted by molar-refractivity contribution is 6.53. The highest BCUT2D eigenvalue weighted by atomic mass is 35.5. The molecule has 0 aromatic heterocycles. The molecular weight excluding hydrogens is 273 g/mol. The molecule has 0 saturated carbocycles. The first kappa shape index (κ1) is 15.1. The molecule has 3 nitrogen and oxygen atoms in total. The lowest BCUT2D eigenvalue weighted by Crippen LogP contribution is -2.39. The smallest absolute Gasteiger partial charge is 0.256 e. The van der Waals surface area contributed by atoms with Crippen molar-refractivity contribution in [2.24, 2.45) is 0 Å². The van der Waals surface area contributed by atoms with Crippen LogP contribution in [0.4, 0.5) is 0 Å². The van der Waals surface area contributed by atoms with Crippen molar-refractivity contribution < 1.29 is 9.53 Å². The lowest BCUT2D eigenvalue weighted by atomic mass is 10.2. The maximum absolute atomic E-state index is 11.9. The van der Waals surface area contributed by atoms with Crippen molar-refractivity contribution in [1.29, 1.82) is 0 Å². The van der Waals surface area contributed by atoms with Crippen LogP contribution in [0.15, 0.2) is 24.3 Å². The van der Waals surface area contributed by atoms with E-state index in [1.807, 2.05) is 38.1 Å². The lowest BCUT2D eigenvalue weighted by Gasteiger charge is -2.27. The molecule has 100 valence electrons. The van der Waals surface area contributed by atoms with Gasteiger partial charge < -0.3 is 9.64 Å². The number of hydrogen-bond donors (Lipinski definition) is 0. The van der Waals surface area contributed by atoms with Gasteiger partial charge in [0.05, 0.1) is 7.11 Å². The molecule has 1 aromatic rings. The zero-order valence-electron chi connectivity index (χ0n) is 10.7. The van der Waals surface area contributed by atoms with Crippen LogP contribution in [0.25, 0.3) is 0 Å². The second-order valence-electron chi connectivity index (χ2n) is 4.21. The normalized spacial score (nSPS) is 10.8. The van der Waals surface area contributed by atoms with Crippen molar-refractivity contribution in [3.05, 3.63) is 29.8 Å². The Kier molecular flexibility index (Phi) is 5.76. The van der Waals surface area contributed by atoms with E-state index in [9.17, 15) is 4.79 Å². The molecule has 1 amide bonds. The largest absolute Gasteiger partial charge is 0.497 e. The first-order valence-corrected chi connectivity index (χ1v) is 6.54. The number of rotatable bonds is 5. The van der Waals surface area contributed by atoms with E-state index in [1.165, 1.54) is 0 Å². The van der Waals surface area contributed by atoms with Gasteiger partial charge in [-0.3, -0.25) is 4.79 Å². The molecule has 1 aromatic carbocycles. The fourth-order valence-corrected chi connectivity index (χ4v) is 1.86. The topological polar surface area (TPSA) is 29.5 Å². The van der Waals surface area contributed by atoms with Crippen LogP contribution in [0, 0.1) is 0 Å². The Balaban J connectivity index is 2.86. The number of carbonyl (C=O) groups is 1. The molecule has 0 spiro atoms. The SMILES string of the molecule is COc1cccc(CN(C(=O)C(Cl)Cl)C(C)C)c1. The third kappa shape index (κ3) is 4.07. The minimum absolute atomic E-state index is 0.0312. The summed E-state index contributed by atoms with van der Waals surface area (Å²) in [6.07, 6.45) is 0. The fraction of sp³-hybridized carbons (Fsp3) is 0.462. The zero-order chi connectivity index (χ0) is 13.7. The predicted molar refractivity (Wildman–Crippen MR) is 74.2 cm³/mol. The molecule has 0 atom stereocenters. The van der Waals surface area contributed by atoms with Crippen LogP contribution in [0.5, 0.6) is 5.75 Å². The standard InChI is InChI=1S/C13H17Cl2NO2/c1-9(2)16(13(17)12(14)15)8-10-5-4-6-11(7-10)18-3/h4-7,9,12H,8H2,1-3H3. The maximum atomic E-state index is 11.9. The molecule has 0 aliphatic heterocycles. The van der Waals surface area contributed by atoms with Gasteiger partial charge in [-0.1, -0.05) is 35.3 Å². The fourth-order valence-electron chi connectivity index (χ4n) is 1.61. The molecule has 5 heteroatoms. The third-order valence-corrected chi connectivity index (χ3v) is 2.95. The van der Waals surface area contributed by atoms with Crippen molar-refractivity contribution in [1.82, 2.24) is 4.90 Å². The first-order chi connectivity index (χ1) is 8.45. The quantitative estimate of drug-likeness (QED) is 0.779. The van der Waals surface area contributed by atoms with Gasteiger partial charge in [0.2, 0.25) is 0 Å². The summed E-state index contributed by atoms with van der Waals surface area (Å²) in [5.74, 6) is 0.480. The van der Waals surface area contributed by atoms with Crippen molar-refractivity contribution in [2.45, 2.75) is 31.3 Å². The summed E-state index contributed by atoms with van der Waals surface area (Å²) in [6, 6.07) is 7.60. The van der Waals surface area contributed by atoms with Gasteiger partial charge in [-0.15, -0.1) is 0 Å². The highest BCUT2D eigenvalue weighted by Crippen LogP contribution is 2.18. The zero-order valence-corrected chi connectivity index (χ0v) is 12.2. The Morgan fingerprint density at radius 3 is 2.56 bits per heavy atom. The molecule has 1 rings (SSSR count). The number of amides is 1. The maximum Gasteiger partial charge on any atom is 0.256 e. The second-order valence-corrected chi connectivity index (χ2v) is 5.31. The molecule has 0 aliphatic carbocycles. The number of ether oxygens (including phenoxy) is 1. The van der Waals surface area contributed by atoms with Crippen LogP contribution in [-0.2, 0) is 11.3 Å². The van der Waals surface area contributed by atoms with Gasteiger partial charge >= 0.3 is 0 Å². The molecule has 0 aliphatic rings. The Morgan fingerprint density at radius 1 is 1.39 bits per heavy atom. The molecule has 0 saturated heterocycles. The summed E-state index contributed by atoms with van der Waals surface area (Å²) >= 11 is 11.3. The predicted octanol–water partition coefficient (Wildman–Crippen LogP) is 3.24. The van der Waals surface area contributed by atoms with Crippen LogP contribution >= 0.6 is 23.2 Å². The van der Waals surface area contributed by atoms with E-state index in [1.54, 1.807) is 12.0 Å². The molecule has 0 unspecified atom stereocenters. The van der Waals surface area contributed by atoms with E-state index in [2.05, 4.69) is 0 Å². The van der Waals surface area contributed by atoms with E-state index in [4.69, 9.17) is 27.9 Å². The Labute approximate surface area is 118 Å². The van der Waals surface area contributed by atoms with Gasteiger partial charge in [-0.25, -0.2) is 0 Å². The van der Waals surface area contributed by atoms with Crippen LogP contribution < -0.4 is 4.74 Å². The van der Waals surface area contributed by atoms with Crippen molar-refractivity contribution >= 4 is 29.1 Å².